The van der Waals surface area contributed by atoms with E-state index in [1.807, 2.05) is 0 Å². The Hall–Kier alpha value is -2.18. The Kier molecular flexibility index (Phi) is 4.95. The molecule has 1 saturated carbocycles. The fourth-order valence-electron chi connectivity index (χ4n) is 2.54. The molecule has 0 aliphatic heterocycles. The van der Waals surface area contributed by atoms with Gasteiger partial charge in [-0.3, -0.25) is 9.59 Å². The Morgan fingerprint density at radius 1 is 1.32 bits per heavy atom. The summed E-state index contributed by atoms with van der Waals surface area (Å²) in [5, 5.41) is 11.7. The second-order valence-electron chi connectivity index (χ2n) is 5.33. The van der Waals surface area contributed by atoms with Crippen LogP contribution in [0.2, 0.25) is 0 Å². The number of carboxylic acid groups (broad SMARTS) is 1. The highest BCUT2D eigenvalue weighted by molar-refractivity contribution is 5.82. The molecule has 120 valence electrons. The number of amides is 1. The van der Waals surface area contributed by atoms with Crippen molar-refractivity contribution in [3.8, 4) is 5.75 Å². The van der Waals surface area contributed by atoms with Gasteiger partial charge in [-0.15, -0.1) is 0 Å². The van der Waals surface area contributed by atoms with Gasteiger partial charge in [0.2, 0.25) is 0 Å². The highest BCUT2D eigenvalue weighted by Crippen LogP contribution is 2.26. The maximum Gasteiger partial charge on any atom is 0.308 e. The maximum absolute atomic E-state index is 13.1. The zero-order valence-electron chi connectivity index (χ0n) is 12.0. The van der Waals surface area contributed by atoms with Crippen molar-refractivity contribution in [3.63, 3.8) is 0 Å². The molecule has 0 radical (unpaired) electrons. The van der Waals surface area contributed by atoms with Crippen LogP contribution in [0.3, 0.4) is 0 Å². The van der Waals surface area contributed by atoms with Gasteiger partial charge in [0.15, 0.2) is 17.7 Å². The molecule has 0 unspecified atom stereocenters. The average molecular weight is 313 g/mol. The first-order valence-corrected chi connectivity index (χ1v) is 7.03. The first kappa shape index (κ1) is 16.2. The number of carbonyl (C=O) groups is 2. The lowest BCUT2D eigenvalue weighted by atomic mass is 10.0. The Balaban J connectivity index is 1.94. The molecule has 0 spiro atoms. The lowest BCUT2D eigenvalue weighted by molar-refractivity contribution is -0.142. The Labute approximate surface area is 126 Å². The molecule has 1 fully saturated rings. The lowest BCUT2D eigenvalue weighted by Crippen LogP contribution is -2.45. The first-order valence-electron chi connectivity index (χ1n) is 7.03. The van der Waals surface area contributed by atoms with Gasteiger partial charge < -0.3 is 15.2 Å². The van der Waals surface area contributed by atoms with E-state index in [0.29, 0.717) is 12.8 Å². The fourth-order valence-corrected chi connectivity index (χ4v) is 2.54. The van der Waals surface area contributed by atoms with Gasteiger partial charge in [0, 0.05) is 12.1 Å². The quantitative estimate of drug-likeness (QED) is 0.873. The molecular formula is C15H17F2NO4. The van der Waals surface area contributed by atoms with Crippen LogP contribution < -0.4 is 10.1 Å². The number of carbonyl (C=O) groups excluding carboxylic acids is 1. The van der Waals surface area contributed by atoms with Crippen molar-refractivity contribution in [1.82, 2.24) is 5.32 Å². The van der Waals surface area contributed by atoms with Crippen LogP contribution in [0.4, 0.5) is 8.78 Å². The van der Waals surface area contributed by atoms with Gasteiger partial charge in [-0.2, -0.15) is 0 Å². The summed E-state index contributed by atoms with van der Waals surface area (Å²) in [5.74, 6) is -4.05. The summed E-state index contributed by atoms with van der Waals surface area (Å²) in [6.07, 6.45) is 0.916. The third-order valence-corrected chi connectivity index (χ3v) is 3.73. The van der Waals surface area contributed by atoms with Crippen LogP contribution in [0, 0.1) is 17.6 Å². The van der Waals surface area contributed by atoms with Crippen molar-refractivity contribution in [2.45, 2.75) is 38.3 Å². The van der Waals surface area contributed by atoms with Crippen LogP contribution in [0.15, 0.2) is 18.2 Å². The van der Waals surface area contributed by atoms with Crippen LogP contribution >= 0.6 is 0 Å². The van der Waals surface area contributed by atoms with Crippen LogP contribution in [0.1, 0.15) is 26.2 Å². The summed E-state index contributed by atoms with van der Waals surface area (Å²) in [7, 11) is 0. The van der Waals surface area contributed by atoms with Crippen molar-refractivity contribution in [2.24, 2.45) is 5.92 Å². The Bertz CT molecular complexity index is 579. The predicted molar refractivity (Wildman–Crippen MR) is 73.4 cm³/mol. The number of hydrogen-bond acceptors (Lipinski definition) is 3. The van der Waals surface area contributed by atoms with Gasteiger partial charge in [0.05, 0.1) is 5.92 Å². The average Bonchev–Trinajstić information content (AvgIpc) is 2.91. The molecule has 0 heterocycles. The number of aliphatic carboxylic acids is 1. The molecule has 7 heteroatoms. The normalized spacial score (nSPS) is 22.1. The van der Waals surface area contributed by atoms with Crippen molar-refractivity contribution in [3.05, 3.63) is 29.8 Å². The van der Waals surface area contributed by atoms with E-state index < -0.39 is 41.6 Å². The summed E-state index contributed by atoms with van der Waals surface area (Å²) in [6.45, 7) is 1.46. The number of ether oxygens (including phenoxy) is 1. The van der Waals surface area contributed by atoms with Crippen LogP contribution in [0.25, 0.3) is 0 Å². The molecule has 5 nitrogen and oxygen atoms in total. The zero-order chi connectivity index (χ0) is 16.3. The molecule has 2 rings (SSSR count). The lowest BCUT2D eigenvalue weighted by Gasteiger charge is -2.21. The van der Waals surface area contributed by atoms with Crippen molar-refractivity contribution < 1.29 is 28.2 Å². The third kappa shape index (κ3) is 3.72. The fraction of sp³-hybridized carbons (Fsp3) is 0.467. The smallest absolute Gasteiger partial charge is 0.308 e. The minimum atomic E-state index is -1.06. The number of nitrogens with one attached hydrogen (secondary N) is 1. The molecule has 22 heavy (non-hydrogen) atoms. The van der Waals surface area contributed by atoms with E-state index in [2.05, 4.69) is 5.32 Å². The molecule has 1 aromatic rings. The van der Waals surface area contributed by atoms with Gasteiger partial charge in [-0.1, -0.05) is 6.42 Å². The zero-order valence-corrected chi connectivity index (χ0v) is 12.0. The topological polar surface area (TPSA) is 75.6 Å². The van der Waals surface area contributed by atoms with E-state index in [9.17, 15) is 18.4 Å². The number of rotatable bonds is 5. The molecule has 3 atom stereocenters. The number of halogens is 2. The molecule has 2 N–H and O–H groups in total. The molecule has 1 aliphatic carbocycles. The highest BCUT2D eigenvalue weighted by Gasteiger charge is 2.34. The van der Waals surface area contributed by atoms with E-state index in [1.165, 1.54) is 13.0 Å². The van der Waals surface area contributed by atoms with Gasteiger partial charge in [0.25, 0.3) is 5.91 Å². The Morgan fingerprint density at radius 3 is 2.68 bits per heavy atom. The second-order valence-corrected chi connectivity index (χ2v) is 5.33. The molecule has 0 aromatic heterocycles. The van der Waals surface area contributed by atoms with Crippen LogP contribution in [-0.2, 0) is 9.59 Å². The van der Waals surface area contributed by atoms with Crippen molar-refractivity contribution in [1.29, 1.82) is 0 Å². The van der Waals surface area contributed by atoms with Gasteiger partial charge >= 0.3 is 5.97 Å². The number of hydrogen-bond donors (Lipinski definition) is 2. The molecule has 0 bridgehead atoms. The van der Waals surface area contributed by atoms with Crippen molar-refractivity contribution >= 4 is 11.9 Å². The standard InChI is InChI=1S/C15H17F2NO4/c1-8(22-9-5-6-11(16)12(17)7-9)14(19)18-13-4-2-3-10(13)15(20)21/h5-8,10,13H,2-4H2,1H3,(H,18,19)(H,20,21)/t8-,10-,13+/m0/s1. The Morgan fingerprint density at radius 2 is 2.05 bits per heavy atom. The van der Waals surface area contributed by atoms with E-state index in [4.69, 9.17) is 9.84 Å². The summed E-state index contributed by atoms with van der Waals surface area (Å²) in [6, 6.07) is 2.56. The predicted octanol–water partition coefficient (Wildman–Crippen LogP) is 2.10. The van der Waals surface area contributed by atoms with Gasteiger partial charge in [-0.25, -0.2) is 8.78 Å². The largest absolute Gasteiger partial charge is 0.481 e. The molecular weight excluding hydrogens is 296 g/mol. The molecule has 0 saturated heterocycles. The minimum absolute atomic E-state index is 0.0303. The monoisotopic (exact) mass is 313 g/mol. The van der Waals surface area contributed by atoms with Gasteiger partial charge in [-0.05, 0) is 31.9 Å². The number of benzene rings is 1. The third-order valence-electron chi connectivity index (χ3n) is 3.73. The van der Waals surface area contributed by atoms with Gasteiger partial charge in [0.1, 0.15) is 5.75 Å². The second kappa shape index (κ2) is 6.72. The van der Waals surface area contributed by atoms with E-state index in [-0.39, 0.29) is 5.75 Å². The summed E-state index contributed by atoms with van der Waals surface area (Å²) in [4.78, 5) is 23.1. The summed E-state index contributed by atoms with van der Waals surface area (Å²) < 4.78 is 31.1. The number of carboxylic acids is 1. The molecule has 1 amide bonds. The van der Waals surface area contributed by atoms with E-state index in [0.717, 1.165) is 18.6 Å². The maximum atomic E-state index is 13.1. The van der Waals surface area contributed by atoms with E-state index >= 15 is 0 Å². The van der Waals surface area contributed by atoms with Crippen molar-refractivity contribution in [2.75, 3.05) is 0 Å². The van der Waals surface area contributed by atoms with E-state index in [1.54, 1.807) is 0 Å². The molecule has 1 aliphatic rings. The van der Waals surface area contributed by atoms with Crippen LogP contribution in [0.5, 0.6) is 5.75 Å². The SMILES string of the molecule is C[C@H](Oc1ccc(F)c(F)c1)C(=O)N[C@@H]1CCC[C@@H]1C(=O)O. The summed E-state index contributed by atoms with van der Waals surface area (Å²) >= 11 is 0. The summed E-state index contributed by atoms with van der Waals surface area (Å²) in [5.41, 5.74) is 0. The highest BCUT2D eigenvalue weighted by atomic mass is 19.2. The minimum Gasteiger partial charge on any atom is -0.481 e. The van der Waals surface area contributed by atoms with Crippen LogP contribution in [-0.4, -0.2) is 29.1 Å². The molecule has 1 aromatic carbocycles. The first-order chi connectivity index (χ1) is 10.4.